The highest BCUT2D eigenvalue weighted by atomic mass is 14.9. The predicted octanol–water partition coefficient (Wildman–Crippen LogP) is 5.07. The van der Waals surface area contributed by atoms with Gasteiger partial charge in [0.25, 0.3) is 0 Å². The summed E-state index contributed by atoms with van der Waals surface area (Å²) in [7, 11) is 0. The smallest absolute Gasteiger partial charge is 0.0325 e. The Balaban J connectivity index is 3.07. The molecule has 0 amide bonds. The lowest BCUT2D eigenvalue weighted by atomic mass is 9.80. The normalized spacial score (nSPS) is 13.8. The zero-order valence-electron chi connectivity index (χ0n) is 13.6. The summed E-state index contributed by atoms with van der Waals surface area (Å²) in [4.78, 5) is 0. The minimum atomic E-state index is 0.208. The van der Waals surface area contributed by atoms with Crippen molar-refractivity contribution >= 4 is 0 Å². The maximum absolute atomic E-state index is 3.73. The summed E-state index contributed by atoms with van der Waals surface area (Å²) in [6, 6.07) is 9.41. The van der Waals surface area contributed by atoms with Crippen LogP contribution in [0.5, 0.6) is 0 Å². The molecule has 0 aliphatic heterocycles. The third-order valence-electron chi connectivity index (χ3n) is 3.49. The lowest BCUT2D eigenvalue weighted by Gasteiger charge is -2.29. The van der Waals surface area contributed by atoms with Gasteiger partial charge in [-0.3, -0.25) is 0 Å². The van der Waals surface area contributed by atoms with Gasteiger partial charge < -0.3 is 5.32 Å². The van der Waals surface area contributed by atoms with Crippen molar-refractivity contribution in [2.24, 2.45) is 5.92 Å². The van der Waals surface area contributed by atoms with E-state index in [1.165, 1.54) is 24.0 Å². The van der Waals surface area contributed by atoms with Crippen LogP contribution in [0.4, 0.5) is 0 Å². The maximum atomic E-state index is 3.73. The van der Waals surface area contributed by atoms with E-state index in [9.17, 15) is 0 Å². The van der Waals surface area contributed by atoms with Gasteiger partial charge in [-0.25, -0.2) is 0 Å². The molecule has 0 heterocycles. The van der Waals surface area contributed by atoms with Gasteiger partial charge in [0.1, 0.15) is 0 Å². The molecule has 0 saturated carbocycles. The van der Waals surface area contributed by atoms with Crippen LogP contribution < -0.4 is 5.32 Å². The third-order valence-corrected chi connectivity index (χ3v) is 3.49. The summed E-state index contributed by atoms with van der Waals surface area (Å²) in [5.74, 6) is 0.711. The standard InChI is InChI=1S/C18H31N/c1-7-12-19-17(13-14(2)3)15-10-8-9-11-16(15)18(4,5)6/h8-11,14,17,19H,7,12-13H2,1-6H3. The van der Waals surface area contributed by atoms with Crippen molar-refractivity contribution in [3.63, 3.8) is 0 Å². The third kappa shape index (κ3) is 4.99. The number of hydrogen-bond donors (Lipinski definition) is 1. The van der Waals surface area contributed by atoms with Gasteiger partial charge in [-0.1, -0.05) is 65.8 Å². The van der Waals surface area contributed by atoms with E-state index in [0.717, 1.165) is 6.54 Å². The van der Waals surface area contributed by atoms with Crippen LogP contribution in [0.3, 0.4) is 0 Å². The molecule has 0 radical (unpaired) electrons. The van der Waals surface area contributed by atoms with Crippen molar-refractivity contribution in [3.05, 3.63) is 35.4 Å². The van der Waals surface area contributed by atoms with Gasteiger partial charge in [-0.05, 0) is 41.8 Å². The van der Waals surface area contributed by atoms with E-state index >= 15 is 0 Å². The average Bonchev–Trinajstić information content (AvgIpc) is 2.33. The lowest BCUT2D eigenvalue weighted by molar-refractivity contribution is 0.422. The van der Waals surface area contributed by atoms with Crippen LogP contribution in [0.15, 0.2) is 24.3 Å². The SMILES string of the molecule is CCCNC(CC(C)C)c1ccccc1C(C)(C)C. The molecule has 0 saturated heterocycles. The van der Waals surface area contributed by atoms with E-state index < -0.39 is 0 Å². The van der Waals surface area contributed by atoms with E-state index in [-0.39, 0.29) is 5.41 Å². The lowest BCUT2D eigenvalue weighted by Crippen LogP contribution is -2.27. The van der Waals surface area contributed by atoms with Crippen LogP contribution in [-0.2, 0) is 5.41 Å². The molecule has 0 spiro atoms. The minimum Gasteiger partial charge on any atom is -0.310 e. The fourth-order valence-electron chi connectivity index (χ4n) is 2.59. The largest absolute Gasteiger partial charge is 0.310 e. The number of rotatable bonds is 6. The van der Waals surface area contributed by atoms with Crippen LogP contribution in [0, 0.1) is 5.92 Å². The minimum absolute atomic E-state index is 0.208. The summed E-state index contributed by atoms with van der Waals surface area (Å²) >= 11 is 0. The molecule has 1 aromatic rings. The van der Waals surface area contributed by atoms with Crippen molar-refractivity contribution in [1.29, 1.82) is 0 Å². The van der Waals surface area contributed by atoms with Gasteiger partial charge in [-0.15, -0.1) is 0 Å². The molecule has 19 heavy (non-hydrogen) atoms. The van der Waals surface area contributed by atoms with Crippen LogP contribution >= 0.6 is 0 Å². The first-order valence-electron chi connectivity index (χ1n) is 7.69. The van der Waals surface area contributed by atoms with Crippen LogP contribution in [0.25, 0.3) is 0 Å². The van der Waals surface area contributed by atoms with Crippen molar-refractivity contribution < 1.29 is 0 Å². The number of nitrogens with one attached hydrogen (secondary N) is 1. The average molecular weight is 261 g/mol. The summed E-state index contributed by atoms with van der Waals surface area (Å²) in [6.45, 7) is 14.8. The zero-order valence-corrected chi connectivity index (χ0v) is 13.6. The number of hydrogen-bond acceptors (Lipinski definition) is 1. The summed E-state index contributed by atoms with van der Waals surface area (Å²) < 4.78 is 0. The van der Waals surface area contributed by atoms with Gasteiger partial charge in [0.2, 0.25) is 0 Å². The Morgan fingerprint density at radius 3 is 2.26 bits per heavy atom. The Bertz CT molecular complexity index is 374. The Morgan fingerprint density at radius 2 is 1.74 bits per heavy atom. The van der Waals surface area contributed by atoms with Crippen LogP contribution in [-0.4, -0.2) is 6.54 Å². The number of benzene rings is 1. The molecule has 1 N–H and O–H groups in total. The molecule has 1 rings (SSSR count). The summed E-state index contributed by atoms with van der Waals surface area (Å²) in [6.07, 6.45) is 2.39. The topological polar surface area (TPSA) is 12.0 Å². The fraction of sp³-hybridized carbons (Fsp3) is 0.667. The van der Waals surface area contributed by atoms with E-state index in [0.29, 0.717) is 12.0 Å². The van der Waals surface area contributed by atoms with Gasteiger partial charge in [0.05, 0.1) is 0 Å². The molecule has 1 heteroatoms. The highest BCUT2D eigenvalue weighted by Gasteiger charge is 2.22. The van der Waals surface area contributed by atoms with Crippen molar-refractivity contribution in [2.45, 2.75) is 65.8 Å². The second kappa shape index (κ2) is 7.09. The van der Waals surface area contributed by atoms with Gasteiger partial charge in [-0.2, -0.15) is 0 Å². The maximum Gasteiger partial charge on any atom is 0.0325 e. The molecule has 1 aromatic carbocycles. The predicted molar refractivity (Wildman–Crippen MR) is 85.6 cm³/mol. The van der Waals surface area contributed by atoms with Gasteiger partial charge in [0, 0.05) is 6.04 Å². The Kier molecular flexibility index (Phi) is 6.06. The van der Waals surface area contributed by atoms with Gasteiger partial charge in [0.15, 0.2) is 0 Å². The first-order valence-corrected chi connectivity index (χ1v) is 7.69. The highest BCUT2D eigenvalue weighted by molar-refractivity contribution is 5.35. The zero-order chi connectivity index (χ0) is 14.5. The molecule has 0 bridgehead atoms. The second-order valence-corrected chi connectivity index (χ2v) is 6.97. The molecule has 0 fully saturated rings. The van der Waals surface area contributed by atoms with Crippen molar-refractivity contribution in [2.75, 3.05) is 6.54 Å². The van der Waals surface area contributed by atoms with E-state index in [1.54, 1.807) is 0 Å². The first kappa shape index (κ1) is 16.2. The molecular weight excluding hydrogens is 230 g/mol. The Hall–Kier alpha value is -0.820. The summed E-state index contributed by atoms with van der Waals surface area (Å²) in [5.41, 5.74) is 3.17. The van der Waals surface area contributed by atoms with Crippen LogP contribution in [0.1, 0.15) is 71.6 Å². The van der Waals surface area contributed by atoms with E-state index in [2.05, 4.69) is 71.1 Å². The second-order valence-electron chi connectivity index (χ2n) is 6.97. The fourth-order valence-corrected chi connectivity index (χ4v) is 2.59. The molecule has 1 nitrogen and oxygen atoms in total. The molecule has 108 valence electrons. The van der Waals surface area contributed by atoms with E-state index in [1.807, 2.05) is 0 Å². The molecule has 0 aliphatic carbocycles. The molecule has 1 atom stereocenters. The summed E-state index contributed by atoms with van der Waals surface area (Å²) in [5, 5.41) is 3.73. The van der Waals surface area contributed by atoms with Gasteiger partial charge >= 0.3 is 0 Å². The monoisotopic (exact) mass is 261 g/mol. The quantitative estimate of drug-likeness (QED) is 0.753. The first-order chi connectivity index (χ1) is 8.86. The molecule has 1 unspecified atom stereocenters. The molecule has 0 aromatic heterocycles. The van der Waals surface area contributed by atoms with E-state index in [4.69, 9.17) is 0 Å². The Morgan fingerprint density at radius 1 is 1.11 bits per heavy atom. The van der Waals surface area contributed by atoms with Crippen LogP contribution in [0.2, 0.25) is 0 Å². The molecule has 0 aliphatic rings. The van der Waals surface area contributed by atoms with Crippen molar-refractivity contribution in [1.82, 2.24) is 5.32 Å². The van der Waals surface area contributed by atoms with Crippen molar-refractivity contribution in [3.8, 4) is 0 Å². The molecular formula is C18H31N. The Labute approximate surface area is 119 Å². The highest BCUT2D eigenvalue weighted by Crippen LogP contribution is 2.32.